The van der Waals surface area contributed by atoms with Gasteiger partial charge in [-0.2, -0.15) is 0 Å². The number of nitrogens with one attached hydrogen (secondary N) is 1. The molecule has 0 radical (unpaired) electrons. The van der Waals surface area contributed by atoms with E-state index in [1.54, 1.807) is 7.11 Å². The van der Waals surface area contributed by atoms with Gasteiger partial charge in [-0.25, -0.2) is 0 Å². The molecule has 18 heavy (non-hydrogen) atoms. The zero-order valence-corrected chi connectivity index (χ0v) is 11.7. The number of thioether (sulfide) groups is 1. The molecule has 0 bridgehead atoms. The van der Waals surface area contributed by atoms with E-state index in [2.05, 4.69) is 11.4 Å². The summed E-state index contributed by atoms with van der Waals surface area (Å²) in [6.45, 7) is 2.91. The summed E-state index contributed by atoms with van der Waals surface area (Å²) in [5.74, 6) is 2.01. The van der Waals surface area contributed by atoms with E-state index >= 15 is 0 Å². The summed E-state index contributed by atoms with van der Waals surface area (Å²) in [7, 11) is 1.72. The predicted molar refractivity (Wildman–Crippen MR) is 75.6 cm³/mol. The Kier molecular flexibility index (Phi) is 5.84. The first-order valence-corrected chi connectivity index (χ1v) is 7.47. The molecule has 0 amide bonds. The van der Waals surface area contributed by atoms with Crippen molar-refractivity contribution in [3.05, 3.63) is 24.3 Å². The zero-order valence-electron chi connectivity index (χ0n) is 10.9. The molecular formula is C14H21NO2S. The number of ether oxygens (including phenoxy) is 2. The van der Waals surface area contributed by atoms with E-state index in [-0.39, 0.29) is 0 Å². The first-order valence-electron chi connectivity index (χ1n) is 6.48. The highest BCUT2D eigenvalue weighted by Gasteiger charge is 2.14. The third kappa shape index (κ3) is 4.19. The molecule has 0 aliphatic carbocycles. The summed E-state index contributed by atoms with van der Waals surface area (Å²) < 4.78 is 10.9. The lowest BCUT2D eigenvalue weighted by molar-refractivity contribution is 0.110. The van der Waals surface area contributed by atoms with Crippen molar-refractivity contribution in [2.24, 2.45) is 0 Å². The van der Waals surface area contributed by atoms with Crippen LogP contribution in [0.5, 0.6) is 5.75 Å². The molecule has 1 N–H and O–H groups in total. The summed E-state index contributed by atoms with van der Waals surface area (Å²) in [5.41, 5.74) is 0. The summed E-state index contributed by atoms with van der Waals surface area (Å²) in [6.07, 6.45) is 2.84. The van der Waals surface area contributed by atoms with Crippen LogP contribution in [0.25, 0.3) is 0 Å². The molecule has 100 valence electrons. The van der Waals surface area contributed by atoms with Crippen molar-refractivity contribution >= 4 is 11.8 Å². The van der Waals surface area contributed by atoms with E-state index in [1.165, 1.54) is 17.7 Å². The molecule has 1 aliphatic rings. The maximum absolute atomic E-state index is 5.56. The molecule has 1 unspecified atom stereocenters. The normalized spacial score (nSPS) is 19.1. The highest BCUT2D eigenvalue weighted by Crippen LogP contribution is 2.28. The van der Waals surface area contributed by atoms with Crippen molar-refractivity contribution in [1.82, 2.24) is 5.32 Å². The Hall–Kier alpha value is -0.710. The Labute approximate surface area is 113 Å². The summed E-state index contributed by atoms with van der Waals surface area (Å²) >= 11 is 1.83. The Bertz CT molecular complexity index is 353. The van der Waals surface area contributed by atoms with Gasteiger partial charge in [-0.05, 0) is 25.0 Å². The van der Waals surface area contributed by atoms with Crippen molar-refractivity contribution in [3.63, 3.8) is 0 Å². The fourth-order valence-corrected chi connectivity index (χ4v) is 2.97. The molecular weight excluding hydrogens is 246 g/mol. The van der Waals surface area contributed by atoms with E-state index in [0.29, 0.717) is 6.10 Å². The molecule has 1 aromatic carbocycles. The van der Waals surface area contributed by atoms with E-state index in [4.69, 9.17) is 9.47 Å². The van der Waals surface area contributed by atoms with Gasteiger partial charge in [0.1, 0.15) is 5.75 Å². The Morgan fingerprint density at radius 2 is 2.33 bits per heavy atom. The van der Waals surface area contributed by atoms with Gasteiger partial charge in [0.15, 0.2) is 0 Å². The van der Waals surface area contributed by atoms with Crippen LogP contribution >= 0.6 is 11.8 Å². The molecule has 1 aliphatic heterocycles. The van der Waals surface area contributed by atoms with Crippen LogP contribution in [0.3, 0.4) is 0 Å². The van der Waals surface area contributed by atoms with Gasteiger partial charge < -0.3 is 14.8 Å². The third-order valence-corrected chi connectivity index (χ3v) is 4.06. The minimum Gasteiger partial charge on any atom is -0.496 e. The van der Waals surface area contributed by atoms with Crippen molar-refractivity contribution in [3.8, 4) is 5.75 Å². The Morgan fingerprint density at radius 1 is 1.44 bits per heavy atom. The topological polar surface area (TPSA) is 30.5 Å². The van der Waals surface area contributed by atoms with Crippen molar-refractivity contribution in [1.29, 1.82) is 0 Å². The van der Waals surface area contributed by atoms with E-state index in [9.17, 15) is 0 Å². The second-order valence-corrected chi connectivity index (χ2v) is 5.48. The lowest BCUT2D eigenvalue weighted by Crippen LogP contribution is -2.27. The lowest BCUT2D eigenvalue weighted by Gasteiger charge is -2.11. The number of benzene rings is 1. The second-order valence-electron chi connectivity index (χ2n) is 4.34. The molecule has 1 saturated heterocycles. The second kappa shape index (κ2) is 7.67. The van der Waals surface area contributed by atoms with Gasteiger partial charge in [-0.15, -0.1) is 11.8 Å². The monoisotopic (exact) mass is 267 g/mol. The Balaban J connectivity index is 1.62. The summed E-state index contributed by atoms with van der Waals surface area (Å²) in [6, 6.07) is 8.15. The fourth-order valence-electron chi connectivity index (χ4n) is 2.04. The van der Waals surface area contributed by atoms with Crippen LogP contribution in [0.15, 0.2) is 29.2 Å². The highest BCUT2D eigenvalue weighted by molar-refractivity contribution is 7.99. The van der Waals surface area contributed by atoms with Gasteiger partial charge in [0, 0.05) is 30.3 Å². The molecule has 0 saturated carbocycles. The highest BCUT2D eigenvalue weighted by atomic mass is 32.2. The average molecular weight is 267 g/mol. The molecule has 0 spiro atoms. The molecule has 1 heterocycles. The van der Waals surface area contributed by atoms with Crippen LogP contribution in [0.2, 0.25) is 0 Å². The average Bonchev–Trinajstić information content (AvgIpc) is 2.92. The quantitative estimate of drug-likeness (QED) is 0.607. The minimum atomic E-state index is 0.432. The van der Waals surface area contributed by atoms with Gasteiger partial charge in [0.25, 0.3) is 0 Å². The smallest absolute Gasteiger partial charge is 0.132 e. The molecule has 4 heteroatoms. The van der Waals surface area contributed by atoms with Crippen LogP contribution in [0.4, 0.5) is 0 Å². The number of para-hydroxylation sites is 1. The minimum absolute atomic E-state index is 0.432. The zero-order chi connectivity index (χ0) is 12.6. The van der Waals surface area contributed by atoms with Crippen molar-refractivity contribution in [2.45, 2.75) is 23.8 Å². The molecule has 1 fully saturated rings. The molecule has 3 nitrogen and oxygen atoms in total. The Morgan fingerprint density at radius 3 is 3.11 bits per heavy atom. The van der Waals surface area contributed by atoms with E-state index < -0.39 is 0 Å². The largest absolute Gasteiger partial charge is 0.496 e. The van der Waals surface area contributed by atoms with E-state index in [0.717, 1.165) is 31.2 Å². The van der Waals surface area contributed by atoms with Gasteiger partial charge >= 0.3 is 0 Å². The molecule has 0 aromatic heterocycles. The SMILES string of the molecule is COc1ccccc1SCCNCC1CCCO1. The van der Waals surface area contributed by atoms with Crippen molar-refractivity contribution < 1.29 is 9.47 Å². The van der Waals surface area contributed by atoms with Gasteiger partial charge in [-0.3, -0.25) is 0 Å². The van der Waals surface area contributed by atoms with Gasteiger partial charge in [0.2, 0.25) is 0 Å². The van der Waals surface area contributed by atoms with Crippen molar-refractivity contribution in [2.75, 3.05) is 32.6 Å². The first kappa shape index (κ1) is 13.7. The third-order valence-electron chi connectivity index (χ3n) is 3.00. The molecule has 1 aromatic rings. The predicted octanol–water partition coefficient (Wildman–Crippen LogP) is 2.56. The standard InChI is InChI=1S/C14H21NO2S/c1-16-13-6-2-3-7-14(13)18-10-8-15-11-12-5-4-9-17-12/h2-3,6-7,12,15H,4-5,8-11H2,1H3. The maximum Gasteiger partial charge on any atom is 0.132 e. The lowest BCUT2D eigenvalue weighted by atomic mass is 10.2. The number of methoxy groups -OCH3 is 1. The van der Waals surface area contributed by atoms with Crippen LogP contribution < -0.4 is 10.1 Å². The summed E-state index contributed by atoms with van der Waals surface area (Å²) in [5, 5.41) is 3.45. The number of hydrogen-bond acceptors (Lipinski definition) is 4. The number of rotatable bonds is 7. The number of hydrogen-bond donors (Lipinski definition) is 1. The van der Waals surface area contributed by atoms with E-state index in [1.807, 2.05) is 30.0 Å². The van der Waals surface area contributed by atoms with Gasteiger partial charge in [-0.1, -0.05) is 12.1 Å². The van der Waals surface area contributed by atoms with Gasteiger partial charge in [0.05, 0.1) is 13.2 Å². The van der Waals surface area contributed by atoms with Crippen LogP contribution in [0, 0.1) is 0 Å². The molecule has 1 atom stereocenters. The molecule has 2 rings (SSSR count). The fraction of sp³-hybridized carbons (Fsp3) is 0.571. The van der Waals surface area contributed by atoms with Crippen LogP contribution in [0.1, 0.15) is 12.8 Å². The van der Waals surface area contributed by atoms with Crippen LogP contribution in [-0.4, -0.2) is 38.7 Å². The van der Waals surface area contributed by atoms with Crippen LogP contribution in [-0.2, 0) is 4.74 Å². The maximum atomic E-state index is 5.56. The first-order chi connectivity index (χ1) is 8.90. The summed E-state index contributed by atoms with van der Waals surface area (Å²) in [4.78, 5) is 1.21.